The average Bonchev–Trinajstić information content (AvgIpc) is 3.17. The van der Waals surface area contributed by atoms with Crippen molar-refractivity contribution in [3.63, 3.8) is 0 Å². The van der Waals surface area contributed by atoms with E-state index in [9.17, 15) is 14.4 Å². The van der Waals surface area contributed by atoms with Gasteiger partial charge in [-0.05, 0) is 30.7 Å². The number of H-pyrrole nitrogens is 2. The van der Waals surface area contributed by atoms with Crippen molar-refractivity contribution in [1.82, 2.24) is 14.5 Å². The Kier molecular flexibility index (Phi) is 4.25. The summed E-state index contributed by atoms with van der Waals surface area (Å²) in [5.41, 5.74) is 4.23. The number of hydrogen-bond acceptors (Lipinski definition) is 4. The molecule has 0 aliphatic rings. The van der Waals surface area contributed by atoms with Crippen molar-refractivity contribution in [2.45, 2.75) is 13.5 Å². The molecule has 0 fully saturated rings. The third-order valence-corrected chi connectivity index (χ3v) is 4.99. The van der Waals surface area contributed by atoms with Crippen molar-refractivity contribution in [3.05, 3.63) is 73.6 Å². The lowest BCUT2D eigenvalue weighted by atomic mass is 10.1. The lowest BCUT2D eigenvalue weighted by Gasteiger charge is -2.09. The molecule has 3 N–H and O–H groups in total. The summed E-state index contributed by atoms with van der Waals surface area (Å²) in [7, 11) is 0. The van der Waals surface area contributed by atoms with Gasteiger partial charge in [-0.2, -0.15) is 0 Å². The van der Waals surface area contributed by atoms with E-state index in [1.54, 1.807) is 23.6 Å². The quantitative estimate of drug-likeness (QED) is 0.507. The molecular weight excluding hydrogens is 364 g/mol. The molecule has 4 aromatic rings. The molecule has 4 rings (SSSR count). The van der Waals surface area contributed by atoms with Crippen LogP contribution in [0.1, 0.15) is 5.56 Å². The number of carbonyl (C=O) groups is 1. The van der Waals surface area contributed by atoms with E-state index < -0.39 is 0 Å². The van der Waals surface area contributed by atoms with Gasteiger partial charge in [0.25, 0.3) is 0 Å². The summed E-state index contributed by atoms with van der Waals surface area (Å²) in [6, 6.07) is 12.9. The van der Waals surface area contributed by atoms with Crippen molar-refractivity contribution in [2.24, 2.45) is 0 Å². The van der Waals surface area contributed by atoms with Crippen LogP contribution in [0.5, 0.6) is 0 Å². The summed E-state index contributed by atoms with van der Waals surface area (Å²) in [6.45, 7) is 1.90. The van der Waals surface area contributed by atoms with Crippen LogP contribution < -0.4 is 15.9 Å². The zero-order chi connectivity index (χ0) is 19.0. The van der Waals surface area contributed by atoms with Gasteiger partial charge >= 0.3 is 10.6 Å². The molecule has 2 aromatic carbocycles. The van der Waals surface area contributed by atoms with Crippen LogP contribution in [0.3, 0.4) is 0 Å². The molecule has 27 heavy (non-hydrogen) atoms. The van der Waals surface area contributed by atoms with Crippen LogP contribution >= 0.6 is 11.3 Å². The number of fused-ring (bicyclic) bond motifs is 1. The number of rotatable bonds is 4. The number of carbonyl (C=O) groups excluding carboxylic acids is 1. The third-order valence-electron chi connectivity index (χ3n) is 4.23. The summed E-state index contributed by atoms with van der Waals surface area (Å²) in [6.07, 6.45) is 0. The highest BCUT2D eigenvalue weighted by molar-refractivity contribution is 7.07. The molecule has 0 spiro atoms. The van der Waals surface area contributed by atoms with Crippen LogP contribution in [0.2, 0.25) is 0 Å². The van der Waals surface area contributed by atoms with Gasteiger partial charge in [-0.1, -0.05) is 41.2 Å². The van der Waals surface area contributed by atoms with E-state index >= 15 is 0 Å². The van der Waals surface area contributed by atoms with Gasteiger partial charge in [0.05, 0.1) is 16.7 Å². The molecular formula is C19H16N4O3S. The van der Waals surface area contributed by atoms with Gasteiger partial charge in [0.15, 0.2) is 0 Å². The molecule has 0 bridgehead atoms. The summed E-state index contributed by atoms with van der Waals surface area (Å²) in [5, 5.41) is 4.53. The van der Waals surface area contributed by atoms with E-state index in [2.05, 4.69) is 15.3 Å². The predicted molar refractivity (Wildman–Crippen MR) is 106 cm³/mol. The summed E-state index contributed by atoms with van der Waals surface area (Å²) in [4.78, 5) is 41.1. The lowest BCUT2D eigenvalue weighted by molar-refractivity contribution is -0.116. The highest BCUT2D eigenvalue weighted by atomic mass is 32.1. The second kappa shape index (κ2) is 6.73. The Bertz CT molecular complexity index is 1240. The number of aryl methyl sites for hydroxylation is 1. The molecule has 8 heteroatoms. The van der Waals surface area contributed by atoms with Gasteiger partial charge in [0.1, 0.15) is 6.54 Å². The van der Waals surface area contributed by atoms with Crippen molar-refractivity contribution in [1.29, 1.82) is 0 Å². The minimum Gasteiger partial charge on any atom is -0.324 e. The molecule has 2 heterocycles. The van der Waals surface area contributed by atoms with E-state index in [1.165, 1.54) is 4.57 Å². The van der Waals surface area contributed by atoms with Crippen LogP contribution in [0.4, 0.5) is 5.69 Å². The molecule has 0 saturated heterocycles. The standard InChI is InChI=1S/C19H16N4O3S/c1-11-2-4-12(5-3-11)16-10-27-19(26)23(16)9-17(24)20-13-6-7-14-15(8-13)22-18(25)21-14/h2-8,10H,9H2,1H3,(H,20,24)(H2,21,22,25). The number of nitrogens with one attached hydrogen (secondary N) is 3. The SMILES string of the molecule is Cc1ccc(-c2csc(=O)n2CC(=O)Nc2ccc3[nH]c(=O)[nH]c3c2)cc1. The topological polar surface area (TPSA) is 99.8 Å². The molecule has 7 nitrogen and oxygen atoms in total. The number of aromatic amines is 2. The van der Waals surface area contributed by atoms with E-state index in [-0.39, 0.29) is 23.0 Å². The van der Waals surface area contributed by atoms with Gasteiger partial charge < -0.3 is 15.3 Å². The first-order chi connectivity index (χ1) is 13.0. The Labute approximate surface area is 157 Å². The predicted octanol–water partition coefficient (Wildman–Crippen LogP) is 2.69. The maximum atomic E-state index is 12.5. The highest BCUT2D eigenvalue weighted by Crippen LogP contribution is 2.21. The minimum atomic E-state index is -0.318. The second-order valence-corrected chi connectivity index (χ2v) is 7.05. The molecule has 2 aromatic heterocycles. The number of nitrogens with zero attached hydrogens (tertiary/aromatic N) is 1. The summed E-state index contributed by atoms with van der Waals surface area (Å²) in [5.74, 6) is -0.318. The van der Waals surface area contributed by atoms with Gasteiger partial charge in [0, 0.05) is 11.1 Å². The molecule has 1 amide bonds. The average molecular weight is 380 g/mol. The first-order valence-corrected chi connectivity index (χ1v) is 9.15. The fourth-order valence-corrected chi connectivity index (χ4v) is 3.65. The van der Waals surface area contributed by atoms with E-state index in [4.69, 9.17) is 0 Å². The molecule has 0 unspecified atom stereocenters. The van der Waals surface area contributed by atoms with Crippen molar-refractivity contribution in [3.8, 4) is 11.3 Å². The molecule has 0 aliphatic carbocycles. The number of anilines is 1. The fourth-order valence-electron chi connectivity index (χ4n) is 2.88. The zero-order valence-electron chi connectivity index (χ0n) is 14.4. The fraction of sp³-hybridized carbons (Fsp3) is 0.105. The number of imidazole rings is 1. The first-order valence-electron chi connectivity index (χ1n) is 8.27. The number of hydrogen-bond donors (Lipinski definition) is 3. The Hall–Kier alpha value is -3.39. The van der Waals surface area contributed by atoms with Gasteiger partial charge in [-0.25, -0.2) is 4.79 Å². The number of benzene rings is 2. The summed E-state index contributed by atoms with van der Waals surface area (Å²) >= 11 is 1.07. The molecule has 136 valence electrons. The zero-order valence-corrected chi connectivity index (χ0v) is 15.2. The Morgan fingerprint density at radius 3 is 2.59 bits per heavy atom. The minimum absolute atomic E-state index is 0.0900. The van der Waals surface area contributed by atoms with Crippen LogP contribution in [0.25, 0.3) is 22.3 Å². The lowest BCUT2D eigenvalue weighted by Crippen LogP contribution is -2.25. The van der Waals surface area contributed by atoms with Gasteiger partial charge in [-0.3, -0.25) is 14.2 Å². The third kappa shape index (κ3) is 3.47. The van der Waals surface area contributed by atoms with Crippen LogP contribution in [-0.4, -0.2) is 20.4 Å². The largest absolute Gasteiger partial charge is 0.324 e. The van der Waals surface area contributed by atoms with E-state index in [0.29, 0.717) is 22.4 Å². The Morgan fingerprint density at radius 1 is 1.07 bits per heavy atom. The van der Waals surface area contributed by atoms with Crippen molar-refractivity contribution < 1.29 is 4.79 Å². The van der Waals surface area contributed by atoms with E-state index in [0.717, 1.165) is 22.5 Å². The maximum absolute atomic E-state index is 12.5. The molecule has 0 aliphatic heterocycles. The van der Waals surface area contributed by atoms with Crippen molar-refractivity contribution in [2.75, 3.05) is 5.32 Å². The monoisotopic (exact) mass is 380 g/mol. The molecule has 0 atom stereocenters. The first kappa shape index (κ1) is 17.0. The molecule has 0 radical (unpaired) electrons. The number of aromatic nitrogens is 3. The Morgan fingerprint density at radius 2 is 1.81 bits per heavy atom. The normalized spacial score (nSPS) is 11.0. The molecule has 0 saturated carbocycles. The van der Waals surface area contributed by atoms with Crippen LogP contribution in [0.15, 0.2) is 57.4 Å². The number of amides is 1. The maximum Gasteiger partial charge on any atom is 0.323 e. The van der Waals surface area contributed by atoms with Gasteiger partial charge in [0.2, 0.25) is 5.91 Å². The Balaban J connectivity index is 1.57. The highest BCUT2D eigenvalue weighted by Gasteiger charge is 2.13. The van der Waals surface area contributed by atoms with Crippen molar-refractivity contribution >= 4 is 34.0 Å². The second-order valence-electron chi connectivity index (χ2n) is 6.23. The van der Waals surface area contributed by atoms with E-state index in [1.807, 2.05) is 31.2 Å². The van der Waals surface area contributed by atoms with Crippen LogP contribution in [0, 0.1) is 6.92 Å². The summed E-state index contributed by atoms with van der Waals surface area (Å²) < 4.78 is 1.46. The van der Waals surface area contributed by atoms with Crippen LogP contribution in [-0.2, 0) is 11.3 Å². The van der Waals surface area contributed by atoms with Gasteiger partial charge in [-0.15, -0.1) is 0 Å². The smallest absolute Gasteiger partial charge is 0.323 e. The number of thiazole rings is 1.